The number of rotatable bonds is 7. The third-order valence-electron chi connectivity index (χ3n) is 9.14. The fourth-order valence-electron chi connectivity index (χ4n) is 6.79. The summed E-state index contributed by atoms with van der Waals surface area (Å²) in [7, 11) is 1.59. The third kappa shape index (κ3) is 4.96. The summed E-state index contributed by atoms with van der Waals surface area (Å²) >= 11 is 7.67. The number of thiazole rings is 1. The monoisotopic (exact) mass is 676 g/mol. The Labute approximate surface area is 286 Å². The minimum atomic E-state index is -0.851. The van der Waals surface area contributed by atoms with Crippen molar-refractivity contribution in [2.75, 3.05) is 25.1 Å². The van der Waals surface area contributed by atoms with Crippen molar-refractivity contribution in [3.63, 3.8) is 0 Å². The summed E-state index contributed by atoms with van der Waals surface area (Å²) in [4.78, 5) is 52.2. The first kappa shape index (κ1) is 31.6. The second-order valence-electron chi connectivity index (χ2n) is 11.7. The first-order chi connectivity index (χ1) is 23.3. The van der Waals surface area contributed by atoms with Crippen LogP contribution in [0.2, 0.25) is 5.02 Å². The Morgan fingerprint density at radius 2 is 1.67 bits per heavy atom. The fraction of sp³-hybridized carbons (Fsp3) is 0.211. The molecule has 10 heteroatoms. The van der Waals surface area contributed by atoms with Crippen molar-refractivity contribution >= 4 is 56.8 Å². The maximum atomic E-state index is 14.9. The maximum Gasteiger partial charge on any atom is 0.271 e. The smallest absolute Gasteiger partial charge is 0.271 e. The summed E-state index contributed by atoms with van der Waals surface area (Å²) < 4.78 is 7.76. The Morgan fingerprint density at radius 3 is 2.42 bits per heavy atom. The number of anilines is 1. The zero-order chi connectivity index (χ0) is 33.7. The van der Waals surface area contributed by atoms with Gasteiger partial charge in [-0.05, 0) is 55.3 Å². The van der Waals surface area contributed by atoms with E-state index in [9.17, 15) is 14.4 Å². The van der Waals surface area contributed by atoms with Crippen LogP contribution in [-0.2, 0) is 16.1 Å². The normalized spacial score (nSPS) is 16.6. The van der Waals surface area contributed by atoms with Gasteiger partial charge in [0.1, 0.15) is 16.3 Å². The molecule has 4 aromatic carbocycles. The van der Waals surface area contributed by atoms with Gasteiger partial charge in [-0.15, -0.1) is 0 Å². The minimum Gasteiger partial charge on any atom is -0.496 e. The Morgan fingerprint density at radius 1 is 0.958 bits per heavy atom. The molecular formula is C38H33ClN4O4S. The van der Waals surface area contributed by atoms with Gasteiger partial charge in [-0.2, -0.15) is 0 Å². The lowest BCUT2D eigenvalue weighted by Gasteiger charge is -2.30. The fourth-order valence-corrected chi connectivity index (χ4v) is 8.12. The highest BCUT2D eigenvalue weighted by Gasteiger charge is 2.39. The van der Waals surface area contributed by atoms with Crippen LogP contribution in [0, 0.1) is 0 Å². The number of halogens is 1. The number of aromatic nitrogens is 1. The van der Waals surface area contributed by atoms with E-state index in [1.807, 2.05) is 99.6 Å². The van der Waals surface area contributed by atoms with Crippen LogP contribution in [0.1, 0.15) is 43.5 Å². The zero-order valence-electron chi connectivity index (χ0n) is 27.0. The van der Waals surface area contributed by atoms with Gasteiger partial charge in [-0.3, -0.25) is 19.0 Å². The molecule has 0 fully saturated rings. The van der Waals surface area contributed by atoms with Gasteiger partial charge in [0.15, 0.2) is 4.80 Å². The zero-order valence-corrected chi connectivity index (χ0v) is 28.6. The number of para-hydroxylation sites is 1. The Kier molecular flexibility index (Phi) is 8.27. The highest BCUT2D eigenvalue weighted by Crippen LogP contribution is 2.41. The van der Waals surface area contributed by atoms with E-state index in [0.717, 1.165) is 16.3 Å². The van der Waals surface area contributed by atoms with Gasteiger partial charge in [-0.25, -0.2) is 4.99 Å². The SMILES string of the molecule is CCN(CC)C(=O)C1=C(C)N=c2s/c(=C3\C(=O)N(Cc4ccccc4Cl)c4ccccc43)c(=O)n2[C@@H]1c1c(OC)ccc2ccccc12. The second kappa shape index (κ2) is 12.6. The number of allylic oxidation sites excluding steroid dienone is 1. The molecule has 48 heavy (non-hydrogen) atoms. The molecule has 5 aromatic rings. The van der Waals surface area contributed by atoms with E-state index in [2.05, 4.69) is 0 Å². The summed E-state index contributed by atoms with van der Waals surface area (Å²) in [6, 6.07) is 25.7. The topological polar surface area (TPSA) is 84.2 Å². The van der Waals surface area contributed by atoms with E-state index < -0.39 is 11.6 Å². The van der Waals surface area contributed by atoms with E-state index in [1.54, 1.807) is 27.5 Å². The van der Waals surface area contributed by atoms with Crippen molar-refractivity contribution in [1.29, 1.82) is 0 Å². The van der Waals surface area contributed by atoms with E-state index in [-0.39, 0.29) is 22.9 Å². The van der Waals surface area contributed by atoms with Crippen LogP contribution in [-0.4, -0.2) is 41.5 Å². The number of hydrogen-bond donors (Lipinski definition) is 0. The first-order valence-corrected chi connectivity index (χ1v) is 17.0. The number of carbonyl (C=O) groups is 2. The molecule has 0 N–H and O–H groups in total. The average Bonchev–Trinajstić information content (AvgIpc) is 3.56. The molecule has 2 aliphatic rings. The molecule has 7 rings (SSSR count). The molecule has 2 aliphatic heterocycles. The molecule has 242 valence electrons. The van der Waals surface area contributed by atoms with Gasteiger partial charge in [0.2, 0.25) is 0 Å². The predicted molar refractivity (Wildman–Crippen MR) is 190 cm³/mol. The van der Waals surface area contributed by atoms with Crippen LogP contribution in [0.4, 0.5) is 5.69 Å². The summed E-state index contributed by atoms with van der Waals surface area (Å²) in [6.45, 7) is 6.90. The number of carbonyl (C=O) groups excluding carboxylic acids is 2. The molecular weight excluding hydrogens is 644 g/mol. The van der Waals surface area contributed by atoms with E-state index >= 15 is 0 Å². The number of nitrogens with zero attached hydrogens (tertiary/aromatic N) is 4. The number of methoxy groups -OCH3 is 1. The number of hydrogen-bond acceptors (Lipinski definition) is 6. The number of ether oxygens (including phenoxy) is 1. The molecule has 1 aromatic heterocycles. The Bertz CT molecular complexity index is 2350. The minimum absolute atomic E-state index is 0.201. The second-order valence-corrected chi connectivity index (χ2v) is 13.0. The maximum absolute atomic E-state index is 14.9. The molecule has 0 radical (unpaired) electrons. The van der Waals surface area contributed by atoms with Gasteiger partial charge in [-0.1, -0.05) is 89.7 Å². The number of likely N-dealkylation sites (N-methyl/N-ethyl adjacent to an activating group) is 1. The standard InChI is InChI=1S/C38H33ClN4O4S/c1-5-41(6-2)35(44)30-22(3)40-38-43(33(30)31-25-15-9-7-13-23(25)19-20-29(31)47-4)37(46)34(48-38)32-26-16-10-12-18-28(26)42(36(32)45)21-24-14-8-11-17-27(24)39/h7-20,33H,5-6,21H2,1-4H3/b34-32-/t33-/m0/s1. The van der Waals surface area contributed by atoms with Crippen LogP contribution < -0.4 is 24.5 Å². The molecule has 8 nitrogen and oxygen atoms in total. The van der Waals surface area contributed by atoms with Crippen LogP contribution in [0.5, 0.6) is 5.75 Å². The quantitative estimate of drug-likeness (QED) is 0.217. The number of benzene rings is 4. The summed E-state index contributed by atoms with van der Waals surface area (Å²) in [5.74, 6) is 0.0490. The van der Waals surface area contributed by atoms with Crippen LogP contribution in [0.15, 0.2) is 106 Å². The molecule has 3 heterocycles. The highest BCUT2D eigenvalue weighted by molar-refractivity contribution is 7.07. The molecule has 0 spiro atoms. The molecule has 0 saturated carbocycles. The van der Waals surface area contributed by atoms with Gasteiger partial charge < -0.3 is 14.5 Å². The van der Waals surface area contributed by atoms with Gasteiger partial charge in [0.05, 0.1) is 36.2 Å². The third-order valence-corrected chi connectivity index (χ3v) is 10.6. The average molecular weight is 677 g/mol. The molecule has 2 amide bonds. The Hall–Kier alpha value is -4.99. The molecule has 0 unspecified atom stereocenters. The van der Waals surface area contributed by atoms with Crippen molar-refractivity contribution in [3.05, 3.63) is 138 Å². The predicted octanol–water partition coefficient (Wildman–Crippen LogP) is 5.84. The molecule has 0 saturated heterocycles. The number of fused-ring (bicyclic) bond motifs is 3. The van der Waals surface area contributed by atoms with Crippen LogP contribution in [0.25, 0.3) is 16.3 Å². The lowest BCUT2D eigenvalue weighted by atomic mass is 9.90. The van der Waals surface area contributed by atoms with Crippen molar-refractivity contribution in [2.45, 2.75) is 33.4 Å². The Balaban J connectivity index is 1.52. The summed E-state index contributed by atoms with van der Waals surface area (Å²) in [6.07, 6.45) is 0. The van der Waals surface area contributed by atoms with E-state index in [4.69, 9.17) is 21.3 Å². The van der Waals surface area contributed by atoms with Gasteiger partial charge >= 0.3 is 0 Å². The van der Waals surface area contributed by atoms with Gasteiger partial charge in [0.25, 0.3) is 17.4 Å². The van der Waals surface area contributed by atoms with E-state index in [0.29, 0.717) is 62.3 Å². The van der Waals surface area contributed by atoms with Crippen LogP contribution >= 0.6 is 22.9 Å². The van der Waals surface area contributed by atoms with Crippen molar-refractivity contribution in [3.8, 4) is 5.75 Å². The largest absolute Gasteiger partial charge is 0.496 e. The van der Waals surface area contributed by atoms with Crippen molar-refractivity contribution in [1.82, 2.24) is 9.47 Å². The molecule has 0 bridgehead atoms. The molecule has 1 atom stereocenters. The van der Waals surface area contributed by atoms with E-state index in [1.165, 1.54) is 11.3 Å². The highest BCUT2D eigenvalue weighted by atomic mass is 35.5. The lowest BCUT2D eigenvalue weighted by Crippen LogP contribution is -2.43. The first-order valence-electron chi connectivity index (χ1n) is 15.8. The van der Waals surface area contributed by atoms with Crippen LogP contribution in [0.3, 0.4) is 0 Å². The van der Waals surface area contributed by atoms with Crippen molar-refractivity contribution < 1.29 is 14.3 Å². The van der Waals surface area contributed by atoms with Crippen molar-refractivity contribution in [2.24, 2.45) is 4.99 Å². The summed E-state index contributed by atoms with van der Waals surface area (Å²) in [5.41, 5.74) is 3.67. The summed E-state index contributed by atoms with van der Waals surface area (Å²) in [5, 5.41) is 2.35. The number of amides is 2. The molecule has 0 aliphatic carbocycles. The van der Waals surface area contributed by atoms with Gasteiger partial charge in [0, 0.05) is 29.2 Å². The lowest BCUT2D eigenvalue weighted by molar-refractivity contribution is -0.127.